The fraction of sp³-hybridized carbons (Fsp3) is 0.857. The lowest BCUT2D eigenvalue weighted by atomic mass is 9.91. The molecule has 0 N–H and O–H groups in total. The van der Waals surface area contributed by atoms with E-state index in [1.807, 2.05) is 0 Å². The Balaban J connectivity index is 1.11. The Morgan fingerprint density at radius 3 is 2.09 bits per heavy atom. The number of anilines is 1. The molecule has 3 aliphatic rings. The minimum absolute atomic E-state index is 0.373. The standard InChI is InChI=1S/C28H49N5O/c1-4-31-21-26-11-12-27(22-31)33(26)28-29-19-25(20-30-28)24-13-16-32(17-14-24)15-9-7-5-6-8-10-18-34-23(2)3/h19-20,23-24,26-27H,4-18,21-22H2,1-3H3. The Morgan fingerprint density at radius 1 is 0.853 bits per heavy atom. The van der Waals surface area contributed by atoms with Gasteiger partial charge in [-0.15, -0.1) is 0 Å². The maximum Gasteiger partial charge on any atom is 0.225 e. The van der Waals surface area contributed by atoms with E-state index in [1.165, 1.54) is 102 Å². The average Bonchev–Trinajstić information content (AvgIpc) is 3.12. The van der Waals surface area contributed by atoms with Gasteiger partial charge in [0.25, 0.3) is 0 Å². The Morgan fingerprint density at radius 2 is 1.47 bits per heavy atom. The fourth-order valence-corrected chi connectivity index (χ4v) is 6.20. The molecule has 1 aromatic heterocycles. The number of nitrogens with zero attached hydrogens (tertiary/aromatic N) is 5. The molecular formula is C28H49N5O. The molecule has 3 saturated heterocycles. The van der Waals surface area contributed by atoms with Crippen molar-refractivity contribution in [3.8, 4) is 0 Å². The number of ether oxygens (including phenoxy) is 1. The van der Waals surface area contributed by atoms with Gasteiger partial charge in [-0.1, -0.05) is 32.6 Å². The number of piperazine rings is 1. The predicted octanol–water partition coefficient (Wildman–Crippen LogP) is 5.09. The summed E-state index contributed by atoms with van der Waals surface area (Å²) in [5, 5.41) is 0. The van der Waals surface area contributed by atoms with Gasteiger partial charge >= 0.3 is 0 Å². The second-order valence-corrected chi connectivity index (χ2v) is 11.1. The van der Waals surface area contributed by atoms with E-state index in [9.17, 15) is 0 Å². The van der Waals surface area contributed by atoms with Crippen molar-refractivity contribution < 1.29 is 4.74 Å². The van der Waals surface area contributed by atoms with Crippen LogP contribution >= 0.6 is 0 Å². The summed E-state index contributed by atoms with van der Waals surface area (Å²) in [6.45, 7) is 14.7. The molecule has 0 aliphatic carbocycles. The third-order valence-electron chi connectivity index (χ3n) is 8.27. The maximum absolute atomic E-state index is 5.62. The summed E-state index contributed by atoms with van der Waals surface area (Å²) in [5.41, 5.74) is 1.35. The fourth-order valence-electron chi connectivity index (χ4n) is 6.20. The molecule has 0 spiro atoms. The number of fused-ring (bicyclic) bond motifs is 2. The van der Waals surface area contributed by atoms with Crippen LogP contribution in [-0.4, -0.2) is 83.8 Å². The lowest BCUT2D eigenvalue weighted by Crippen LogP contribution is -2.54. The molecule has 1 aromatic rings. The van der Waals surface area contributed by atoms with Crippen LogP contribution in [0.4, 0.5) is 5.95 Å². The van der Waals surface area contributed by atoms with E-state index in [-0.39, 0.29) is 0 Å². The molecule has 2 atom stereocenters. The maximum atomic E-state index is 5.62. The van der Waals surface area contributed by atoms with E-state index >= 15 is 0 Å². The summed E-state index contributed by atoms with van der Waals surface area (Å²) in [5.74, 6) is 1.60. The molecule has 6 nitrogen and oxygen atoms in total. The smallest absolute Gasteiger partial charge is 0.225 e. The Bertz CT molecular complexity index is 689. The first-order valence-corrected chi connectivity index (χ1v) is 14.3. The molecule has 0 radical (unpaired) electrons. The van der Waals surface area contributed by atoms with E-state index in [1.54, 1.807) is 0 Å². The Labute approximate surface area is 208 Å². The van der Waals surface area contributed by atoms with Crippen LogP contribution in [0.2, 0.25) is 0 Å². The quantitative estimate of drug-likeness (QED) is 0.373. The normalized spacial score (nSPS) is 24.4. The molecule has 3 aliphatic heterocycles. The number of aromatic nitrogens is 2. The third-order valence-corrected chi connectivity index (χ3v) is 8.27. The average molecular weight is 472 g/mol. The summed E-state index contributed by atoms with van der Waals surface area (Å²) in [6.07, 6.45) is 17.7. The van der Waals surface area contributed by atoms with Gasteiger partial charge in [-0.05, 0) is 90.0 Å². The number of hydrogen-bond acceptors (Lipinski definition) is 6. The van der Waals surface area contributed by atoms with Crippen LogP contribution in [0.25, 0.3) is 0 Å². The molecule has 192 valence electrons. The number of likely N-dealkylation sites (N-methyl/N-ethyl adjacent to an activating group) is 1. The zero-order chi connectivity index (χ0) is 23.8. The predicted molar refractivity (Wildman–Crippen MR) is 141 cm³/mol. The number of piperidine rings is 1. The summed E-state index contributed by atoms with van der Waals surface area (Å²) < 4.78 is 5.62. The van der Waals surface area contributed by atoms with Gasteiger partial charge in [0.05, 0.1) is 6.10 Å². The summed E-state index contributed by atoms with van der Waals surface area (Å²) >= 11 is 0. The van der Waals surface area contributed by atoms with Crippen molar-refractivity contribution >= 4 is 5.95 Å². The minimum Gasteiger partial charge on any atom is -0.379 e. The van der Waals surface area contributed by atoms with Gasteiger partial charge in [-0.25, -0.2) is 9.97 Å². The first-order chi connectivity index (χ1) is 16.6. The molecule has 0 aromatic carbocycles. The third kappa shape index (κ3) is 7.14. The van der Waals surface area contributed by atoms with Crippen LogP contribution in [0, 0.1) is 0 Å². The second-order valence-electron chi connectivity index (χ2n) is 11.1. The highest BCUT2D eigenvalue weighted by molar-refractivity contribution is 5.38. The van der Waals surface area contributed by atoms with Crippen LogP contribution in [0.15, 0.2) is 12.4 Å². The van der Waals surface area contributed by atoms with Gasteiger partial charge < -0.3 is 14.5 Å². The summed E-state index contributed by atoms with van der Waals surface area (Å²) in [6, 6.07) is 1.21. The summed E-state index contributed by atoms with van der Waals surface area (Å²) in [7, 11) is 0. The molecule has 4 heterocycles. The zero-order valence-corrected chi connectivity index (χ0v) is 22.1. The molecule has 2 unspecified atom stereocenters. The van der Waals surface area contributed by atoms with Crippen LogP contribution in [0.5, 0.6) is 0 Å². The zero-order valence-electron chi connectivity index (χ0n) is 22.1. The molecule has 34 heavy (non-hydrogen) atoms. The molecular weight excluding hydrogens is 422 g/mol. The van der Waals surface area contributed by atoms with Crippen molar-refractivity contribution in [2.24, 2.45) is 0 Å². The van der Waals surface area contributed by atoms with E-state index in [0.717, 1.165) is 19.1 Å². The van der Waals surface area contributed by atoms with Gasteiger partial charge in [0, 0.05) is 44.2 Å². The number of hydrogen-bond donors (Lipinski definition) is 0. The van der Waals surface area contributed by atoms with E-state index in [0.29, 0.717) is 24.1 Å². The van der Waals surface area contributed by atoms with Crippen LogP contribution in [-0.2, 0) is 4.74 Å². The van der Waals surface area contributed by atoms with E-state index in [4.69, 9.17) is 14.7 Å². The van der Waals surface area contributed by atoms with Crippen molar-refractivity contribution in [2.45, 2.75) is 109 Å². The van der Waals surface area contributed by atoms with Gasteiger partial charge in [-0.2, -0.15) is 0 Å². The molecule has 6 heteroatoms. The Hall–Kier alpha value is -1.24. The first kappa shape index (κ1) is 25.8. The van der Waals surface area contributed by atoms with Crippen molar-refractivity contribution in [3.05, 3.63) is 18.0 Å². The van der Waals surface area contributed by atoms with E-state index < -0.39 is 0 Å². The number of rotatable bonds is 13. The first-order valence-electron chi connectivity index (χ1n) is 14.3. The summed E-state index contributed by atoms with van der Waals surface area (Å²) in [4.78, 5) is 17.5. The number of likely N-dealkylation sites (tertiary alicyclic amines) is 2. The molecule has 2 bridgehead atoms. The van der Waals surface area contributed by atoms with Gasteiger partial charge in [-0.3, -0.25) is 4.90 Å². The van der Waals surface area contributed by atoms with Gasteiger partial charge in [0.1, 0.15) is 0 Å². The highest BCUT2D eigenvalue weighted by atomic mass is 16.5. The molecule has 3 fully saturated rings. The van der Waals surface area contributed by atoms with Crippen molar-refractivity contribution in [2.75, 3.05) is 50.8 Å². The SMILES string of the molecule is CCN1CC2CCC(C1)N2c1ncc(C2CCN(CCCCCCCCOC(C)C)CC2)cn1. The van der Waals surface area contributed by atoms with Crippen molar-refractivity contribution in [1.29, 1.82) is 0 Å². The highest BCUT2D eigenvalue weighted by Crippen LogP contribution is 2.34. The topological polar surface area (TPSA) is 44.7 Å². The van der Waals surface area contributed by atoms with Gasteiger partial charge in [0.15, 0.2) is 0 Å². The lowest BCUT2D eigenvalue weighted by molar-refractivity contribution is 0.0756. The minimum atomic E-state index is 0.373. The molecule has 4 rings (SSSR count). The number of unbranched alkanes of at least 4 members (excludes halogenated alkanes) is 5. The van der Waals surface area contributed by atoms with Crippen LogP contribution < -0.4 is 4.90 Å². The lowest BCUT2D eigenvalue weighted by Gasteiger charge is -2.40. The molecule has 0 saturated carbocycles. The largest absolute Gasteiger partial charge is 0.379 e. The van der Waals surface area contributed by atoms with Crippen molar-refractivity contribution in [3.63, 3.8) is 0 Å². The Kier molecular flexibility index (Phi) is 10.0. The van der Waals surface area contributed by atoms with Crippen LogP contribution in [0.3, 0.4) is 0 Å². The monoisotopic (exact) mass is 471 g/mol. The van der Waals surface area contributed by atoms with Gasteiger partial charge in [0.2, 0.25) is 5.95 Å². The second kappa shape index (κ2) is 13.2. The van der Waals surface area contributed by atoms with E-state index in [2.05, 4.69) is 47.9 Å². The highest BCUT2D eigenvalue weighted by Gasteiger charge is 2.40. The van der Waals surface area contributed by atoms with Crippen LogP contribution in [0.1, 0.15) is 96.5 Å². The molecule has 0 amide bonds. The van der Waals surface area contributed by atoms with Crippen molar-refractivity contribution in [1.82, 2.24) is 19.8 Å².